The molecular weight excluding hydrogens is 524 g/mol. The van der Waals surface area contributed by atoms with Crippen LogP contribution in [0.3, 0.4) is 0 Å². The van der Waals surface area contributed by atoms with Gasteiger partial charge in [-0.1, -0.05) is 12.1 Å². The minimum absolute atomic E-state index is 0.213. The number of aromatic nitrogens is 2. The number of likely N-dealkylation sites (N-methyl/N-ethyl adjacent to an activating group) is 2. The van der Waals surface area contributed by atoms with Crippen LogP contribution in [-0.4, -0.2) is 86.6 Å². The standard InChI is InChI=1S/C31H40N4O6/c1-34(2)16-14-22-20-32-24-10-8-12-26(28(22)24)40-30(36)38-18-6-5-7-19-39-31(37)41-27-13-9-11-25-29(27)23(21-33-25)15-17-35(3)4/h8-13,20-21,32-33H,5-7,14-19H2,1-4H3. The van der Waals surface area contributed by atoms with E-state index in [-0.39, 0.29) is 13.2 Å². The number of H-pyrrole nitrogens is 2. The topological polar surface area (TPSA) is 109 Å². The van der Waals surface area contributed by atoms with Gasteiger partial charge in [0.15, 0.2) is 0 Å². The molecule has 0 saturated carbocycles. The normalized spacial score (nSPS) is 11.5. The van der Waals surface area contributed by atoms with Crippen LogP contribution < -0.4 is 9.47 Å². The zero-order chi connectivity index (χ0) is 29.2. The summed E-state index contributed by atoms with van der Waals surface area (Å²) in [4.78, 5) is 35.3. The Morgan fingerprint density at radius 1 is 0.659 bits per heavy atom. The highest BCUT2D eigenvalue weighted by Gasteiger charge is 2.15. The minimum Gasteiger partial charge on any atom is -0.434 e. The van der Waals surface area contributed by atoms with Gasteiger partial charge in [0.1, 0.15) is 11.5 Å². The van der Waals surface area contributed by atoms with Crippen LogP contribution in [0.15, 0.2) is 48.8 Å². The summed E-state index contributed by atoms with van der Waals surface area (Å²) in [7, 11) is 8.09. The number of nitrogens with zero attached hydrogens (tertiary/aromatic N) is 2. The molecule has 0 aliphatic carbocycles. The number of hydrogen-bond donors (Lipinski definition) is 2. The third-order valence-corrected chi connectivity index (χ3v) is 6.77. The van der Waals surface area contributed by atoms with Gasteiger partial charge in [-0.3, -0.25) is 0 Å². The van der Waals surface area contributed by atoms with Crippen molar-refractivity contribution < 1.29 is 28.5 Å². The van der Waals surface area contributed by atoms with Gasteiger partial charge in [0.2, 0.25) is 0 Å². The van der Waals surface area contributed by atoms with Gasteiger partial charge in [-0.2, -0.15) is 0 Å². The fourth-order valence-electron chi connectivity index (χ4n) is 4.62. The second-order valence-electron chi connectivity index (χ2n) is 10.6. The Hall–Kier alpha value is -4.02. The molecule has 0 unspecified atom stereocenters. The van der Waals surface area contributed by atoms with Gasteiger partial charge in [0, 0.05) is 47.3 Å². The lowest BCUT2D eigenvalue weighted by atomic mass is 10.1. The van der Waals surface area contributed by atoms with Gasteiger partial charge in [-0.25, -0.2) is 9.59 Å². The van der Waals surface area contributed by atoms with E-state index < -0.39 is 12.3 Å². The smallest absolute Gasteiger partial charge is 0.434 e. The van der Waals surface area contributed by atoms with Crippen molar-refractivity contribution >= 4 is 34.1 Å². The van der Waals surface area contributed by atoms with Gasteiger partial charge >= 0.3 is 12.3 Å². The monoisotopic (exact) mass is 564 g/mol. The first-order chi connectivity index (χ1) is 19.8. The molecule has 0 fully saturated rings. The number of nitrogens with one attached hydrogen (secondary N) is 2. The molecule has 2 aromatic carbocycles. The lowest BCUT2D eigenvalue weighted by Gasteiger charge is -2.11. The molecule has 0 spiro atoms. The van der Waals surface area contributed by atoms with E-state index in [2.05, 4.69) is 19.8 Å². The second-order valence-corrected chi connectivity index (χ2v) is 10.6. The van der Waals surface area contributed by atoms with Crippen LogP contribution in [0.4, 0.5) is 9.59 Å². The third kappa shape index (κ3) is 8.48. The SMILES string of the molecule is CN(C)CCc1c[nH]c2cccc(OC(=O)OCCCCCOC(=O)Oc3cccc4[nH]cc(CCN(C)C)c34)c12. The fraction of sp³-hybridized carbons (Fsp3) is 0.419. The number of carbonyl (C=O) groups excluding carboxylic acids is 2. The highest BCUT2D eigenvalue weighted by molar-refractivity contribution is 5.91. The van der Waals surface area contributed by atoms with E-state index in [1.165, 1.54) is 0 Å². The summed E-state index contributed by atoms with van der Waals surface area (Å²) in [5.41, 5.74) is 4.00. The molecule has 0 radical (unpaired) electrons. The molecule has 0 saturated heterocycles. The number of aromatic amines is 2. The van der Waals surface area contributed by atoms with Crippen molar-refractivity contribution in [3.05, 3.63) is 59.9 Å². The summed E-state index contributed by atoms with van der Waals surface area (Å²) in [6.07, 6.45) is 6.05. The van der Waals surface area contributed by atoms with Crippen LogP contribution in [0, 0.1) is 0 Å². The number of hydrogen-bond acceptors (Lipinski definition) is 8. The van der Waals surface area contributed by atoms with Crippen LogP contribution in [0.25, 0.3) is 21.8 Å². The van der Waals surface area contributed by atoms with Gasteiger partial charge < -0.3 is 38.7 Å². The number of unbranched alkanes of at least 4 members (excludes halogenated alkanes) is 2. The van der Waals surface area contributed by atoms with E-state index in [0.717, 1.165) is 58.9 Å². The Balaban J connectivity index is 1.16. The van der Waals surface area contributed by atoms with Gasteiger partial charge in [0.05, 0.1) is 13.2 Å². The van der Waals surface area contributed by atoms with Gasteiger partial charge in [-0.15, -0.1) is 0 Å². The number of carbonyl (C=O) groups is 2. The van der Waals surface area contributed by atoms with Crippen LogP contribution in [0.1, 0.15) is 30.4 Å². The van der Waals surface area contributed by atoms with Crippen LogP contribution >= 0.6 is 0 Å². The van der Waals surface area contributed by atoms with Crippen molar-refractivity contribution in [1.29, 1.82) is 0 Å². The molecule has 2 heterocycles. The second kappa shape index (κ2) is 14.6. The summed E-state index contributed by atoms with van der Waals surface area (Å²) >= 11 is 0. The van der Waals surface area contributed by atoms with Crippen molar-refractivity contribution in [3.63, 3.8) is 0 Å². The first kappa shape index (κ1) is 30.0. The summed E-state index contributed by atoms with van der Waals surface area (Å²) in [6, 6.07) is 11.1. The Kier molecular flexibility index (Phi) is 10.6. The number of ether oxygens (including phenoxy) is 4. The number of rotatable bonds is 14. The average Bonchev–Trinajstić information content (AvgIpc) is 3.55. The Bertz CT molecular complexity index is 1330. The Labute approximate surface area is 240 Å². The predicted molar refractivity (Wildman–Crippen MR) is 159 cm³/mol. The molecule has 4 aromatic rings. The van der Waals surface area contributed by atoms with E-state index in [4.69, 9.17) is 18.9 Å². The maximum atomic E-state index is 12.3. The van der Waals surface area contributed by atoms with E-state index in [1.807, 2.05) is 64.8 Å². The average molecular weight is 565 g/mol. The highest BCUT2D eigenvalue weighted by Crippen LogP contribution is 2.30. The van der Waals surface area contributed by atoms with Crippen molar-refractivity contribution in [1.82, 2.24) is 19.8 Å². The molecule has 220 valence electrons. The van der Waals surface area contributed by atoms with Gasteiger partial charge in [0.25, 0.3) is 0 Å². The third-order valence-electron chi connectivity index (χ3n) is 6.77. The number of fused-ring (bicyclic) bond motifs is 2. The molecule has 0 atom stereocenters. The van der Waals surface area contributed by atoms with Gasteiger partial charge in [-0.05, 0) is 95.7 Å². The quantitative estimate of drug-likeness (QED) is 0.113. The Morgan fingerprint density at radius 2 is 1.10 bits per heavy atom. The minimum atomic E-state index is -0.735. The molecule has 0 aliphatic heterocycles. The summed E-state index contributed by atoms with van der Waals surface area (Å²) in [5, 5.41) is 1.79. The van der Waals surface area contributed by atoms with Crippen molar-refractivity contribution in [2.45, 2.75) is 32.1 Å². The molecule has 4 rings (SSSR count). The maximum absolute atomic E-state index is 12.3. The van der Waals surface area contributed by atoms with Crippen LogP contribution in [-0.2, 0) is 22.3 Å². The van der Waals surface area contributed by atoms with E-state index >= 15 is 0 Å². The molecule has 41 heavy (non-hydrogen) atoms. The predicted octanol–water partition coefficient (Wildman–Crippen LogP) is 5.76. The lowest BCUT2D eigenvalue weighted by Crippen LogP contribution is -2.15. The largest absolute Gasteiger partial charge is 0.513 e. The molecular formula is C31H40N4O6. The maximum Gasteiger partial charge on any atom is 0.513 e. The van der Waals surface area contributed by atoms with Crippen molar-refractivity contribution in [3.8, 4) is 11.5 Å². The van der Waals surface area contributed by atoms with Crippen LogP contribution in [0.2, 0.25) is 0 Å². The zero-order valence-corrected chi connectivity index (χ0v) is 24.3. The highest BCUT2D eigenvalue weighted by atomic mass is 16.7. The summed E-state index contributed by atoms with van der Waals surface area (Å²) in [6.45, 7) is 2.19. The fourth-order valence-corrected chi connectivity index (χ4v) is 4.62. The lowest BCUT2D eigenvalue weighted by molar-refractivity contribution is 0.0922. The molecule has 0 amide bonds. The zero-order valence-electron chi connectivity index (χ0n) is 24.3. The first-order valence-corrected chi connectivity index (χ1v) is 14.0. The Morgan fingerprint density at radius 3 is 1.51 bits per heavy atom. The molecule has 2 N–H and O–H groups in total. The number of benzene rings is 2. The molecule has 10 heteroatoms. The van der Waals surface area contributed by atoms with Crippen molar-refractivity contribution in [2.75, 3.05) is 54.5 Å². The molecule has 0 aliphatic rings. The summed E-state index contributed by atoms with van der Waals surface area (Å²) < 4.78 is 21.6. The molecule has 10 nitrogen and oxygen atoms in total. The van der Waals surface area contributed by atoms with Crippen molar-refractivity contribution in [2.24, 2.45) is 0 Å². The van der Waals surface area contributed by atoms with E-state index in [0.29, 0.717) is 30.8 Å². The van der Waals surface area contributed by atoms with E-state index in [1.54, 1.807) is 12.1 Å². The molecule has 0 bridgehead atoms. The first-order valence-electron chi connectivity index (χ1n) is 14.0. The van der Waals surface area contributed by atoms with E-state index in [9.17, 15) is 9.59 Å². The summed E-state index contributed by atoms with van der Waals surface area (Å²) in [5.74, 6) is 0.962. The van der Waals surface area contributed by atoms with Crippen LogP contribution in [0.5, 0.6) is 11.5 Å². The molecule has 2 aromatic heterocycles.